The van der Waals surface area contributed by atoms with Crippen molar-refractivity contribution in [3.05, 3.63) is 27.7 Å². The van der Waals surface area contributed by atoms with E-state index in [1.165, 1.54) is 6.07 Å². The van der Waals surface area contributed by atoms with Crippen molar-refractivity contribution in [1.29, 1.82) is 0 Å². The molecular weight excluding hydrogens is 333 g/mol. The standard InChI is InChI=1S/C11H10Cl3NO3S/c12-8-3-7(11(16)15-5-6-1-2-6)4-9(10(8)13)19(14,17)18/h3-4,6H,1-2,5H2,(H,15,16). The minimum Gasteiger partial charge on any atom is -0.352 e. The Balaban J connectivity index is 2.30. The molecule has 1 saturated carbocycles. The van der Waals surface area contributed by atoms with Gasteiger partial charge in [0.2, 0.25) is 0 Å². The van der Waals surface area contributed by atoms with Gasteiger partial charge in [0.25, 0.3) is 15.0 Å². The van der Waals surface area contributed by atoms with E-state index in [9.17, 15) is 13.2 Å². The molecule has 0 saturated heterocycles. The van der Waals surface area contributed by atoms with Crippen LogP contribution in [0.5, 0.6) is 0 Å². The smallest absolute Gasteiger partial charge is 0.262 e. The zero-order chi connectivity index (χ0) is 14.2. The van der Waals surface area contributed by atoms with Gasteiger partial charge in [0, 0.05) is 22.8 Å². The van der Waals surface area contributed by atoms with Crippen LogP contribution in [0.1, 0.15) is 23.2 Å². The Morgan fingerprint density at radius 2 is 1.95 bits per heavy atom. The van der Waals surface area contributed by atoms with Crippen molar-refractivity contribution in [3.63, 3.8) is 0 Å². The fourth-order valence-electron chi connectivity index (χ4n) is 1.53. The van der Waals surface area contributed by atoms with Crippen molar-refractivity contribution in [1.82, 2.24) is 5.32 Å². The number of hydrogen-bond acceptors (Lipinski definition) is 3. The van der Waals surface area contributed by atoms with E-state index >= 15 is 0 Å². The van der Waals surface area contributed by atoms with E-state index in [-0.39, 0.29) is 20.5 Å². The molecule has 0 unspecified atom stereocenters. The van der Waals surface area contributed by atoms with Crippen LogP contribution in [0.15, 0.2) is 17.0 Å². The fraction of sp³-hybridized carbons (Fsp3) is 0.364. The van der Waals surface area contributed by atoms with Crippen LogP contribution in [0.3, 0.4) is 0 Å². The first-order valence-electron chi connectivity index (χ1n) is 5.51. The summed E-state index contributed by atoms with van der Waals surface area (Å²) in [5.74, 6) is 0.120. The molecule has 0 radical (unpaired) electrons. The SMILES string of the molecule is O=C(NCC1CC1)c1cc(Cl)c(Cl)c(S(=O)(=O)Cl)c1. The highest BCUT2D eigenvalue weighted by Gasteiger charge is 2.24. The second-order valence-electron chi connectivity index (χ2n) is 4.36. The first kappa shape index (κ1) is 14.9. The van der Waals surface area contributed by atoms with Crippen LogP contribution in [0, 0.1) is 5.92 Å². The van der Waals surface area contributed by atoms with E-state index in [2.05, 4.69) is 5.32 Å². The lowest BCUT2D eigenvalue weighted by molar-refractivity contribution is 0.0951. The van der Waals surface area contributed by atoms with Gasteiger partial charge in [-0.25, -0.2) is 8.42 Å². The van der Waals surface area contributed by atoms with Crippen molar-refractivity contribution >= 4 is 48.8 Å². The molecule has 104 valence electrons. The maximum atomic E-state index is 11.9. The molecule has 0 heterocycles. The predicted molar refractivity (Wildman–Crippen MR) is 74.6 cm³/mol. The van der Waals surface area contributed by atoms with Gasteiger partial charge in [0.05, 0.1) is 10.0 Å². The number of halogens is 3. The van der Waals surface area contributed by atoms with E-state index in [0.717, 1.165) is 18.9 Å². The molecule has 8 heteroatoms. The number of carbonyl (C=O) groups excluding carboxylic acids is 1. The maximum Gasteiger partial charge on any atom is 0.262 e. The third-order valence-electron chi connectivity index (χ3n) is 2.77. The Labute approximate surface area is 125 Å². The Kier molecular flexibility index (Phi) is 4.30. The zero-order valence-electron chi connectivity index (χ0n) is 9.62. The normalized spacial score (nSPS) is 15.3. The Hall–Kier alpha value is -0.490. The van der Waals surface area contributed by atoms with Gasteiger partial charge in [0.1, 0.15) is 4.90 Å². The molecule has 0 aromatic heterocycles. The van der Waals surface area contributed by atoms with E-state index in [4.69, 9.17) is 33.9 Å². The van der Waals surface area contributed by atoms with Crippen LogP contribution in [0.2, 0.25) is 10.0 Å². The van der Waals surface area contributed by atoms with E-state index in [1.807, 2.05) is 0 Å². The average molecular weight is 343 g/mol. The van der Waals surface area contributed by atoms with Gasteiger partial charge in [-0.05, 0) is 30.9 Å². The monoisotopic (exact) mass is 341 g/mol. The molecule has 2 rings (SSSR count). The van der Waals surface area contributed by atoms with Crippen molar-refractivity contribution < 1.29 is 13.2 Å². The number of hydrogen-bond donors (Lipinski definition) is 1. The highest BCUT2D eigenvalue weighted by atomic mass is 35.7. The van der Waals surface area contributed by atoms with Crippen molar-refractivity contribution in [2.24, 2.45) is 5.92 Å². The number of benzene rings is 1. The number of amides is 1. The number of nitrogens with one attached hydrogen (secondary N) is 1. The second-order valence-corrected chi connectivity index (χ2v) is 7.68. The van der Waals surface area contributed by atoms with Crippen molar-refractivity contribution in [2.45, 2.75) is 17.7 Å². The molecule has 0 spiro atoms. The maximum absolute atomic E-state index is 11.9. The summed E-state index contributed by atoms with van der Waals surface area (Å²) in [7, 11) is 1.19. The molecular formula is C11H10Cl3NO3S. The molecule has 0 bridgehead atoms. The van der Waals surface area contributed by atoms with Crippen LogP contribution >= 0.6 is 33.9 Å². The first-order chi connectivity index (χ1) is 8.79. The highest BCUT2D eigenvalue weighted by molar-refractivity contribution is 8.13. The van der Waals surface area contributed by atoms with Crippen molar-refractivity contribution in [3.8, 4) is 0 Å². The van der Waals surface area contributed by atoms with Gasteiger partial charge in [-0.15, -0.1) is 0 Å². The summed E-state index contributed by atoms with van der Waals surface area (Å²) in [6, 6.07) is 2.44. The molecule has 1 aromatic carbocycles. The lowest BCUT2D eigenvalue weighted by Gasteiger charge is -2.08. The highest BCUT2D eigenvalue weighted by Crippen LogP contribution is 2.33. The van der Waals surface area contributed by atoms with Gasteiger partial charge in [-0.1, -0.05) is 23.2 Å². The molecule has 1 aliphatic rings. The van der Waals surface area contributed by atoms with Crippen molar-refractivity contribution in [2.75, 3.05) is 6.54 Å². The molecule has 0 atom stereocenters. The largest absolute Gasteiger partial charge is 0.352 e. The van der Waals surface area contributed by atoms with Crippen LogP contribution in [0.4, 0.5) is 0 Å². The molecule has 1 fully saturated rings. The molecule has 1 aliphatic carbocycles. The van der Waals surface area contributed by atoms with Crippen LogP contribution in [-0.4, -0.2) is 20.9 Å². The molecule has 0 aliphatic heterocycles. The topological polar surface area (TPSA) is 63.2 Å². The number of rotatable bonds is 4. The molecule has 1 aromatic rings. The fourth-order valence-corrected chi connectivity index (χ4v) is 3.30. The first-order valence-corrected chi connectivity index (χ1v) is 8.57. The van der Waals surface area contributed by atoms with Gasteiger partial charge >= 0.3 is 0 Å². The summed E-state index contributed by atoms with van der Waals surface area (Å²) in [4.78, 5) is 11.5. The Bertz CT molecular complexity index is 626. The lowest BCUT2D eigenvalue weighted by atomic mass is 10.2. The molecule has 19 heavy (non-hydrogen) atoms. The summed E-state index contributed by atoms with van der Waals surface area (Å²) in [6.07, 6.45) is 2.20. The average Bonchev–Trinajstić information content (AvgIpc) is 3.11. The van der Waals surface area contributed by atoms with Gasteiger partial charge in [-0.2, -0.15) is 0 Å². The predicted octanol–water partition coefficient (Wildman–Crippen LogP) is 3.06. The van der Waals surface area contributed by atoms with Crippen LogP contribution in [0.25, 0.3) is 0 Å². The molecule has 1 N–H and O–H groups in total. The van der Waals surface area contributed by atoms with Gasteiger partial charge in [-0.3, -0.25) is 4.79 Å². The molecule has 4 nitrogen and oxygen atoms in total. The summed E-state index contributed by atoms with van der Waals surface area (Å²) < 4.78 is 22.7. The van der Waals surface area contributed by atoms with Crippen LogP contribution in [-0.2, 0) is 9.05 Å². The van der Waals surface area contributed by atoms with E-state index < -0.39 is 15.0 Å². The van der Waals surface area contributed by atoms with Crippen LogP contribution < -0.4 is 5.32 Å². The third-order valence-corrected chi connectivity index (χ3v) is 5.03. The van der Waals surface area contributed by atoms with Gasteiger partial charge < -0.3 is 5.32 Å². The summed E-state index contributed by atoms with van der Waals surface area (Å²) in [5, 5.41) is 2.50. The Morgan fingerprint density at radius 3 is 2.47 bits per heavy atom. The zero-order valence-corrected chi connectivity index (χ0v) is 12.7. The third kappa shape index (κ3) is 3.75. The summed E-state index contributed by atoms with van der Waals surface area (Å²) in [5.41, 5.74) is 0.120. The Morgan fingerprint density at radius 1 is 1.32 bits per heavy atom. The lowest BCUT2D eigenvalue weighted by Crippen LogP contribution is -2.25. The quantitative estimate of drug-likeness (QED) is 0.855. The summed E-state index contributed by atoms with van der Waals surface area (Å²) in [6.45, 7) is 0.571. The van der Waals surface area contributed by atoms with Gasteiger partial charge in [0.15, 0.2) is 0 Å². The minimum atomic E-state index is -4.06. The number of carbonyl (C=O) groups is 1. The second kappa shape index (κ2) is 5.48. The summed E-state index contributed by atoms with van der Waals surface area (Å²) >= 11 is 11.6. The minimum absolute atomic E-state index is 0.0278. The van der Waals surface area contributed by atoms with E-state index in [0.29, 0.717) is 12.5 Å². The van der Waals surface area contributed by atoms with E-state index in [1.54, 1.807) is 0 Å². The molecule has 1 amide bonds.